The van der Waals surface area contributed by atoms with Crippen molar-refractivity contribution in [2.45, 2.75) is 58.5 Å². The Labute approximate surface area is 105 Å². The first-order valence-electron chi connectivity index (χ1n) is 7.11. The molecule has 0 radical (unpaired) electrons. The van der Waals surface area contributed by atoms with Crippen LogP contribution < -0.4 is 5.32 Å². The molecule has 98 valence electrons. The number of amides is 1. The van der Waals surface area contributed by atoms with E-state index in [1.54, 1.807) is 0 Å². The monoisotopic (exact) mass is 238 g/mol. The van der Waals surface area contributed by atoms with Gasteiger partial charge in [0.25, 0.3) is 0 Å². The SMILES string of the molecule is CC1CCNC(C(=O)N2CCC(C)CC2C)C1. The summed E-state index contributed by atoms with van der Waals surface area (Å²) >= 11 is 0. The Bertz CT molecular complexity index is 279. The second-order valence-electron chi connectivity index (χ2n) is 6.15. The highest BCUT2D eigenvalue weighted by Gasteiger charge is 2.33. The fourth-order valence-electron chi connectivity index (χ4n) is 3.23. The summed E-state index contributed by atoms with van der Waals surface area (Å²) < 4.78 is 0. The standard InChI is InChI=1S/C14H26N2O/c1-10-4-6-15-13(9-10)14(17)16-7-5-11(2)8-12(16)3/h10-13,15H,4-9H2,1-3H3. The molecule has 1 N–H and O–H groups in total. The summed E-state index contributed by atoms with van der Waals surface area (Å²) in [5.74, 6) is 1.80. The summed E-state index contributed by atoms with van der Waals surface area (Å²) in [6, 6.07) is 0.500. The topological polar surface area (TPSA) is 32.3 Å². The van der Waals surface area contributed by atoms with Crippen LogP contribution >= 0.6 is 0 Å². The normalized spacial score (nSPS) is 39.1. The van der Waals surface area contributed by atoms with Gasteiger partial charge in [-0.1, -0.05) is 13.8 Å². The van der Waals surface area contributed by atoms with E-state index in [0.717, 1.165) is 31.8 Å². The molecule has 4 atom stereocenters. The van der Waals surface area contributed by atoms with E-state index in [1.165, 1.54) is 12.8 Å². The maximum atomic E-state index is 12.5. The number of rotatable bonds is 1. The molecule has 0 aromatic heterocycles. The molecular weight excluding hydrogens is 212 g/mol. The number of carbonyl (C=O) groups excluding carboxylic acids is 1. The summed E-state index contributed by atoms with van der Waals surface area (Å²) in [4.78, 5) is 14.6. The lowest BCUT2D eigenvalue weighted by molar-refractivity contribution is -0.138. The molecule has 1 amide bonds. The van der Waals surface area contributed by atoms with Crippen LogP contribution in [0.1, 0.15) is 46.5 Å². The number of likely N-dealkylation sites (tertiary alicyclic amines) is 1. The van der Waals surface area contributed by atoms with Crippen molar-refractivity contribution in [1.29, 1.82) is 0 Å². The van der Waals surface area contributed by atoms with Gasteiger partial charge in [0.1, 0.15) is 0 Å². The minimum absolute atomic E-state index is 0.0783. The highest BCUT2D eigenvalue weighted by atomic mass is 16.2. The summed E-state index contributed by atoms with van der Waals surface area (Å²) in [7, 11) is 0. The average Bonchev–Trinajstić information content (AvgIpc) is 2.28. The van der Waals surface area contributed by atoms with E-state index in [9.17, 15) is 4.79 Å². The van der Waals surface area contributed by atoms with E-state index >= 15 is 0 Å². The van der Waals surface area contributed by atoms with Crippen LogP contribution in [0.3, 0.4) is 0 Å². The number of piperidine rings is 2. The molecular formula is C14H26N2O. The average molecular weight is 238 g/mol. The maximum Gasteiger partial charge on any atom is 0.239 e. The zero-order valence-electron chi connectivity index (χ0n) is 11.4. The Morgan fingerprint density at radius 2 is 1.82 bits per heavy atom. The van der Waals surface area contributed by atoms with Crippen molar-refractivity contribution < 1.29 is 4.79 Å². The second kappa shape index (κ2) is 5.38. The molecule has 17 heavy (non-hydrogen) atoms. The van der Waals surface area contributed by atoms with Crippen LogP contribution in [0.25, 0.3) is 0 Å². The molecule has 0 bridgehead atoms. The zero-order valence-corrected chi connectivity index (χ0v) is 11.4. The van der Waals surface area contributed by atoms with Crippen molar-refractivity contribution in [2.24, 2.45) is 11.8 Å². The Morgan fingerprint density at radius 1 is 1.12 bits per heavy atom. The summed E-state index contributed by atoms with van der Waals surface area (Å²) in [6.45, 7) is 8.69. The molecule has 3 nitrogen and oxygen atoms in total. The molecule has 0 aromatic carbocycles. The van der Waals surface area contributed by atoms with Gasteiger partial charge < -0.3 is 10.2 Å². The predicted molar refractivity (Wildman–Crippen MR) is 69.8 cm³/mol. The van der Waals surface area contributed by atoms with Crippen molar-refractivity contribution in [3.8, 4) is 0 Å². The number of hydrogen-bond acceptors (Lipinski definition) is 2. The molecule has 0 aliphatic carbocycles. The van der Waals surface area contributed by atoms with Gasteiger partial charge in [0.15, 0.2) is 0 Å². The molecule has 0 spiro atoms. The van der Waals surface area contributed by atoms with Gasteiger partial charge in [0, 0.05) is 12.6 Å². The van der Waals surface area contributed by atoms with E-state index in [1.807, 2.05) is 0 Å². The second-order valence-corrected chi connectivity index (χ2v) is 6.15. The lowest BCUT2D eigenvalue weighted by Crippen LogP contribution is -2.54. The lowest BCUT2D eigenvalue weighted by Gasteiger charge is -2.40. The predicted octanol–water partition coefficient (Wildman–Crippen LogP) is 2.02. The highest BCUT2D eigenvalue weighted by Crippen LogP contribution is 2.24. The van der Waals surface area contributed by atoms with Gasteiger partial charge in [-0.05, 0) is 51.0 Å². The molecule has 4 unspecified atom stereocenters. The van der Waals surface area contributed by atoms with E-state index < -0.39 is 0 Å². The van der Waals surface area contributed by atoms with E-state index in [2.05, 4.69) is 31.0 Å². The molecule has 0 saturated carbocycles. The first-order valence-corrected chi connectivity index (χ1v) is 7.11. The summed E-state index contributed by atoms with van der Waals surface area (Å²) in [5.41, 5.74) is 0. The van der Waals surface area contributed by atoms with Crippen LogP contribution in [0.15, 0.2) is 0 Å². The molecule has 2 saturated heterocycles. The number of nitrogens with zero attached hydrogens (tertiary/aromatic N) is 1. The van der Waals surface area contributed by atoms with Gasteiger partial charge in [-0.3, -0.25) is 4.79 Å². The number of nitrogens with one attached hydrogen (secondary N) is 1. The minimum atomic E-state index is 0.0783. The number of carbonyl (C=O) groups is 1. The smallest absolute Gasteiger partial charge is 0.239 e. The Kier molecular flexibility index (Phi) is 4.08. The van der Waals surface area contributed by atoms with Crippen molar-refractivity contribution in [2.75, 3.05) is 13.1 Å². The van der Waals surface area contributed by atoms with Crippen molar-refractivity contribution in [3.05, 3.63) is 0 Å². The van der Waals surface area contributed by atoms with Crippen LogP contribution in [-0.4, -0.2) is 36.0 Å². The first kappa shape index (κ1) is 12.9. The molecule has 2 heterocycles. The van der Waals surface area contributed by atoms with Gasteiger partial charge in [-0.25, -0.2) is 0 Å². The largest absolute Gasteiger partial charge is 0.339 e. The fraction of sp³-hybridized carbons (Fsp3) is 0.929. The molecule has 2 aliphatic heterocycles. The zero-order chi connectivity index (χ0) is 12.4. The van der Waals surface area contributed by atoms with E-state index in [4.69, 9.17) is 0 Å². The van der Waals surface area contributed by atoms with Crippen LogP contribution in [0.2, 0.25) is 0 Å². The van der Waals surface area contributed by atoms with Gasteiger partial charge >= 0.3 is 0 Å². The van der Waals surface area contributed by atoms with Gasteiger partial charge in [-0.15, -0.1) is 0 Å². The van der Waals surface area contributed by atoms with E-state index in [0.29, 0.717) is 17.9 Å². The van der Waals surface area contributed by atoms with E-state index in [-0.39, 0.29) is 6.04 Å². The Morgan fingerprint density at radius 3 is 2.47 bits per heavy atom. The summed E-state index contributed by atoms with van der Waals surface area (Å²) in [5, 5.41) is 3.39. The highest BCUT2D eigenvalue weighted by molar-refractivity contribution is 5.82. The third-order valence-electron chi connectivity index (χ3n) is 4.39. The lowest BCUT2D eigenvalue weighted by atomic mass is 9.90. The quantitative estimate of drug-likeness (QED) is 0.758. The first-order chi connectivity index (χ1) is 8.08. The van der Waals surface area contributed by atoms with Crippen LogP contribution in [0.5, 0.6) is 0 Å². The van der Waals surface area contributed by atoms with Gasteiger partial charge in [-0.2, -0.15) is 0 Å². The van der Waals surface area contributed by atoms with Crippen LogP contribution in [0.4, 0.5) is 0 Å². The fourth-order valence-corrected chi connectivity index (χ4v) is 3.23. The number of hydrogen-bond donors (Lipinski definition) is 1. The molecule has 2 rings (SSSR count). The Balaban J connectivity index is 1.94. The van der Waals surface area contributed by atoms with Gasteiger partial charge in [0.05, 0.1) is 6.04 Å². The maximum absolute atomic E-state index is 12.5. The molecule has 3 heteroatoms. The van der Waals surface area contributed by atoms with Crippen LogP contribution in [0, 0.1) is 11.8 Å². The van der Waals surface area contributed by atoms with Crippen molar-refractivity contribution in [1.82, 2.24) is 10.2 Å². The van der Waals surface area contributed by atoms with Crippen molar-refractivity contribution in [3.63, 3.8) is 0 Å². The van der Waals surface area contributed by atoms with Gasteiger partial charge in [0.2, 0.25) is 5.91 Å². The molecule has 0 aromatic rings. The summed E-state index contributed by atoms with van der Waals surface area (Å²) in [6.07, 6.45) is 4.54. The minimum Gasteiger partial charge on any atom is -0.339 e. The third kappa shape index (κ3) is 3.01. The molecule has 2 fully saturated rings. The third-order valence-corrected chi connectivity index (χ3v) is 4.39. The van der Waals surface area contributed by atoms with Crippen molar-refractivity contribution >= 4 is 5.91 Å². The van der Waals surface area contributed by atoms with Crippen LogP contribution in [-0.2, 0) is 4.79 Å². The molecule has 2 aliphatic rings. The Hall–Kier alpha value is -0.570.